The zero-order chi connectivity index (χ0) is 21.1. The fourth-order valence-corrected chi connectivity index (χ4v) is 1.36. The van der Waals surface area contributed by atoms with Crippen molar-refractivity contribution in [3.05, 3.63) is 0 Å². The van der Waals surface area contributed by atoms with E-state index in [1.54, 1.807) is 0 Å². The van der Waals surface area contributed by atoms with Crippen LogP contribution in [0.5, 0.6) is 0 Å². The molecule has 9 N–H and O–H groups in total. The maximum Gasteiger partial charge on any atom is 0.349 e. The lowest BCUT2D eigenvalue weighted by molar-refractivity contribution is -0.187. The highest BCUT2D eigenvalue weighted by Crippen LogP contribution is 2.23. The number of ether oxygens (including phenoxy) is 1. The monoisotopic (exact) mass is 382 g/mol. The van der Waals surface area contributed by atoms with E-state index in [4.69, 9.17) is 31.3 Å². The molecule has 0 amide bonds. The van der Waals surface area contributed by atoms with Gasteiger partial charge in [0.2, 0.25) is 5.60 Å². The third-order valence-electron chi connectivity index (χ3n) is 2.43. The van der Waals surface area contributed by atoms with Crippen molar-refractivity contribution in [1.29, 1.82) is 0 Å². The van der Waals surface area contributed by atoms with Gasteiger partial charge in [0.15, 0.2) is 0 Å². The summed E-state index contributed by atoms with van der Waals surface area (Å²) < 4.78 is 4.40. The molecule has 26 heavy (non-hydrogen) atoms. The number of rotatable bonds is 10. The van der Waals surface area contributed by atoms with E-state index in [0.717, 1.165) is 0 Å². The Morgan fingerprint density at radius 3 is 1.42 bits per heavy atom. The van der Waals surface area contributed by atoms with Crippen LogP contribution in [-0.4, -0.2) is 79.5 Å². The zero-order valence-electron chi connectivity index (χ0n) is 13.2. The SMILES string of the molecule is NCC(=O)O.N[C@@H](CC(=O)O)C(=O)OC(CC(=O)O)(CC(=O)O)C(=O)O. The molecule has 0 heterocycles. The Kier molecular flexibility index (Phi) is 10.9. The number of carbonyl (C=O) groups excluding carboxylic acids is 1. The summed E-state index contributed by atoms with van der Waals surface area (Å²) in [5, 5.41) is 42.3. The lowest BCUT2D eigenvalue weighted by Gasteiger charge is -2.27. The number of carbonyl (C=O) groups is 6. The lowest BCUT2D eigenvalue weighted by Crippen LogP contribution is -2.50. The highest BCUT2D eigenvalue weighted by molar-refractivity contribution is 5.92. The van der Waals surface area contributed by atoms with Gasteiger partial charge in [-0.05, 0) is 0 Å². The maximum atomic E-state index is 11.5. The summed E-state index contributed by atoms with van der Waals surface area (Å²) in [6.45, 7) is -0.278. The van der Waals surface area contributed by atoms with E-state index in [9.17, 15) is 28.8 Å². The zero-order valence-corrected chi connectivity index (χ0v) is 13.2. The predicted molar refractivity (Wildman–Crippen MR) is 77.9 cm³/mol. The first-order valence-electron chi connectivity index (χ1n) is 6.56. The minimum absolute atomic E-state index is 0.278. The second kappa shape index (κ2) is 11.3. The lowest BCUT2D eigenvalue weighted by atomic mass is 9.95. The van der Waals surface area contributed by atoms with Gasteiger partial charge in [0.1, 0.15) is 6.04 Å². The molecule has 0 radical (unpaired) electrons. The van der Waals surface area contributed by atoms with Gasteiger partial charge in [0.25, 0.3) is 0 Å². The second-order valence-corrected chi connectivity index (χ2v) is 4.66. The van der Waals surface area contributed by atoms with Gasteiger partial charge < -0.3 is 41.7 Å². The Hall–Kier alpha value is -3.26. The van der Waals surface area contributed by atoms with Crippen LogP contribution in [0.1, 0.15) is 19.3 Å². The summed E-state index contributed by atoms with van der Waals surface area (Å²) in [6.07, 6.45) is -3.53. The molecule has 14 nitrogen and oxygen atoms in total. The van der Waals surface area contributed by atoms with Gasteiger partial charge in [-0.15, -0.1) is 0 Å². The molecule has 0 spiro atoms. The molecule has 0 bridgehead atoms. The van der Waals surface area contributed by atoms with Crippen molar-refractivity contribution < 1.29 is 59.0 Å². The first-order chi connectivity index (χ1) is 11.8. The number of carboxylic acids is 5. The average Bonchev–Trinajstić information content (AvgIpc) is 2.45. The molecule has 148 valence electrons. The van der Waals surface area contributed by atoms with Crippen molar-refractivity contribution in [2.45, 2.75) is 30.9 Å². The van der Waals surface area contributed by atoms with E-state index in [0.29, 0.717) is 0 Å². The smallest absolute Gasteiger partial charge is 0.349 e. The second-order valence-electron chi connectivity index (χ2n) is 4.66. The maximum absolute atomic E-state index is 11.5. The van der Waals surface area contributed by atoms with Crippen LogP contribution in [0.25, 0.3) is 0 Å². The number of hydrogen-bond donors (Lipinski definition) is 7. The molecule has 14 heteroatoms. The summed E-state index contributed by atoms with van der Waals surface area (Å²) in [7, 11) is 0. The highest BCUT2D eigenvalue weighted by atomic mass is 16.6. The van der Waals surface area contributed by atoms with E-state index in [-0.39, 0.29) is 6.54 Å². The molecule has 1 atom stereocenters. The Bertz CT molecular complexity index is 557. The molecule has 0 saturated carbocycles. The number of aliphatic carboxylic acids is 5. The van der Waals surface area contributed by atoms with E-state index in [1.165, 1.54) is 0 Å². The van der Waals surface area contributed by atoms with Crippen molar-refractivity contribution in [2.24, 2.45) is 11.5 Å². The Morgan fingerprint density at radius 1 is 0.808 bits per heavy atom. The fraction of sp³-hybridized carbons (Fsp3) is 0.500. The molecule has 0 aliphatic rings. The van der Waals surface area contributed by atoms with Gasteiger partial charge in [0, 0.05) is 0 Å². The van der Waals surface area contributed by atoms with Crippen LogP contribution in [0, 0.1) is 0 Å². The van der Waals surface area contributed by atoms with E-state index < -0.39 is 66.7 Å². The van der Waals surface area contributed by atoms with Crippen molar-refractivity contribution in [3.63, 3.8) is 0 Å². The molecule has 0 aliphatic carbocycles. The van der Waals surface area contributed by atoms with Crippen LogP contribution in [-0.2, 0) is 33.5 Å². The highest BCUT2D eigenvalue weighted by Gasteiger charge is 2.48. The summed E-state index contributed by atoms with van der Waals surface area (Å²) in [4.78, 5) is 63.5. The molecule has 0 aliphatic heterocycles. The first kappa shape index (κ1) is 25.0. The van der Waals surface area contributed by atoms with Crippen LogP contribution in [0.15, 0.2) is 0 Å². The summed E-state index contributed by atoms with van der Waals surface area (Å²) in [5.74, 6) is -9.41. The fourth-order valence-electron chi connectivity index (χ4n) is 1.36. The molecule has 0 rings (SSSR count). The van der Waals surface area contributed by atoms with E-state index in [2.05, 4.69) is 10.5 Å². The van der Waals surface area contributed by atoms with Crippen molar-refractivity contribution >= 4 is 35.8 Å². The number of carboxylic acid groups (broad SMARTS) is 5. The molecule has 0 unspecified atom stereocenters. The van der Waals surface area contributed by atoms with Gasteiger partial charge in [-0.25, -0.2) is 4.79 Å². The minimum Gasteiger partial charge on any atom is -0.481 e. The summed E-state index contributed by atoms with van der Waals surface area (Å²) in [6, 6.07) is -1.76. The largest absolute Gasteiger partial charge is 0.481 e. The third-order valence-corrected chi connectivity index (χ3v) is 2.43. The normalized spacial score (nSPS) is 11.3. The van der Waals surface area contributed by atoms with Crippen LogP contribution >= 0.6 is 0 Å². The Balaban J connectivity index is 0. The summed E-state index contributed by atoms with van der Waals surface area (Å²) >= 11 is 0. The molecule has 0 fully saturated rings. The van der Waals surface area contributed by atoms with E-state index in [1.807, 2.05) is 0 Å². The standard InChI is InChI=1S/C10H13NO10.C2H5NO2/c11-4(1-5(12)13)8(18)21-10(9(19)20,2-6(14)15)3-7(16)17;3-1-2(4)5/h4H,1-3,11H2,(H,12,13)(H,14,15)(H,16,17)(H,19,20);1,3H2,(H,4,5)/t4-;/m0./s1. The third kappa shape index (κ3) is 10.5. The van der Waals surface area contributed by atoms with Crippen LogP contribution in [0.3, 0.4) is 0 Å². The Morgan fingerprint density at radius 2 is 1.19 bits per heavy atom. The number of hydrogen-bond acceptors (Lipinski definition) is 9. The van der Waals surface area contributed by atoms with Crippen molar-refractivity contribution in [3.8, 4) is 0 Å². The van der Waals surface area contributed by atoms with Gasteiger partial charge in [0.05, 0.1) is 25.8 Å². The molecular formula is C12H18N2O12. The van der Waals surface area contributed by atoms with Crippen LogP contribution < -0.4 is 11.5 Å². The summed E-state index contributed by atoms with van der Waals surface area (Å²) in [5.41, 5.74) is 6.85. The topological polar surface area (TPSA) is 265 Å². The predicted octanol–water partition coefficient (Wildman–Crippen LogP) is -2.87. The van der Waals surface area contributed by atoms with E-state index >= 15 is 0 Å². The number of nitrogens with two attached hydrogens (primary N) is 2. The Labute approximate surface area is 144 Å². The van der Waals surface area contributed by atoms with Crippen molar-refractivity contribution in [1.82, 2.24) is 0 Å². The molecule has 0 aromatic carbocycles. The van der Waals surface area contributed by atoms with Gasteiger partial charge in [-0.1, -0.05) is 0 Å². The number of esters is 1. The molecule has 0 aromatic heterocycles. The van der Waals surface area contributed by atoms with Gasteiger partial charge in [-0.2, -0.15) is 0 Å². The quantitative estimate of drug-likeness (QED) is 0.187. The minimum atomic E-state index is -2.87. The van der Waals surface area contributed by atoms with Crippen LogP contribution in [0.2, 0.25) is 0 Å². The van der Waals surface area contributed by atoms with Gasteiger partial charge >= 0.3 is 35.8 Å². The molecular weight excluding hydrogens is 364 g/mol. The average molecular weight is 382 g/mol. The van der Waals surface area contributed by atoms with Gasteiger partial charge in [-0.3, -0.25) is 24.0 Å². The molecule has 0 saturated heterocycles. The van der Waals surface area contributed by atoms with Crippen molar-refractivity contribution in [2.75, 3.05) is 6.54 Å². The van der Waals surface area contributed by atoms with Crippen LogP contribution in [0.4, 0.5) is 0 Å². The molecule has 0 aromatic rings. The first-order valence-corrected chi connectivity index (χ1v) is 6.56.